The highest BCUT2D eigenvalue weighted by molar-refractivity contribution is 7.85. The standard InChI is InChI=1S/C17H23N3O2S/c1-13(2)17-18-16(19-22-17)15-9-6-10-20(15)11-12-23(21)14-7-4-3-5-8-14/h3-5,7-8,13,15H,6,9-12H2,1-2H3. The van der Waals surface area contributed by atoms with E-state index in [1.807, 2.05) is 44.2 Å². The average molecular weight is 333 g/mol. The normalized spacial score (nSPS) is 20.2. The van der Waals surface area contributed by atoms with Crippen molar-refractivity contribution in [3.8, 4) is 0 Å². The van der Waals surface area contributed by atoms with Crippen molar-refractivity contribution >= 4 is 10.8 Å². The lowest BCUT2D eigenvalue weighted by atomic mass is 10.2. The van der Waals surface area contributed by atoms with Gasteiger partial charge in [0, 0.05) is 23.1 Å². The third-order valence-electron chi connectivity index (χ3n) is 4.18. The summed E-state index contributed by atoms with van der Waals surface area (Å²) in [6, 6.07) is 9.84. The number of rotatable bonds is 6. The van der Waals surface area contributed by atoms with Gasteiger partial charge in [0.1, 0.15) is 0 Å². The summed E-state index contributed by atoms with van der Waals surface area (Å²) >= 11 is 0. The van der Waals surface area contributed by atoms with Gasteiger partial charge in [-0.3, -0.25) is 9.11 Å². The minimum Gasteiger partial charge on any atom is -0.339 e. The lowest BCUT2D eigenvalue weighted by Crippen LogP contribution is -2.28. The van der Waals surface area contributed by atoms with Gasteiger partial charge in [-0.15, -0.1) is 0 Å². The molecule has 2 unspecified atom stereocenters. The number of benzene rings is 1. The highest BCUT2D eigenvalue weighted by Crippen LogP contribution is 2.30. The highest BCUT2D eigenvalue weighted by Gasteiger charge is 2.30. The van der Waals surface area contributed by atoms with Crippen molar-refractivity contribution in [3.63, 3.8) is 0 Å². The van der Waals surface area contributed by atoms with Crippen molar-refractivity contribution < 1.29 is 8.73 Å². The van der Waals surface area contributed by atoms with Crippen LogP contribution in [0.4, 0.5) is 0 Å². The lowest BCUT2D eigenvalue weighted by Gasteiger charge is -2.21. The Bertz CT molecular complexity index is 657. The summed E-state index contributed by atoms with van der Waals surface area (Å²) in [6.07, 6.45) is 2.16. The average Bonchev–Trinajstić information content (AvgIpc) is 3.22. The zero-order valence-electron chi connectivity index (χ0n) is 13.6. The summed E-state index contributed by atoms with van der Waals surface area (Å²) in [5.41, 5.74) is 0. The van der Waals surface area contributed by atoms with Gasteiger partial charge in [0.2, 0.25) is 5.89 Å². The Morgan fingerprint density at radius 2 is 2.13 bits per heavy atom. The van der Waals surface area contributed by atoms with Crippen molar-refractivity contribution in [1.82, 2.24) is 15.0 Å². The molecule has 1 aliphatic heterocycles. The van der Waals surface area contributed by atoms with E-state index in [-0.39, 0.29) is 12.0 Å². The second-order valence-electron chi connectivity index (χ2n) is 6.20. The first-order valence-electron chi connectivity index (χ1n) is 8.16. The molecule has 1 aromatic heterocycles. The van der Waals surface area contributed by atoms with Crippen LogP contribution in [0.3, 0.4) is 0 Å². The minimum absolute atomic E-state index is 0.194. The Kier molecular flexibility index (Phi) is 5.23. The number of likely N-dealkylation sites (tertiary alicyclic amines) is 1. The van der Waals surface area contributed by atoms with Crippen molar-refractivity contribution in [3.05, 3.63) is 42.0 Å². The van der Waals surface area contributed by atoms with E-state index in [4.69, 9.17) is 4.52 Å². The van der Waals surface area contributed by atoms with Gasteiger partial charge in [0.05, 0.1) is 16.8 Å². The Hall–Kier alpha value is -1.53. The van der Waals surface area contributed by atoms with Crippen LogP contribution in [-0.4, -0.2) is 38.1 Å². The van der Waals surface area contributed by atoms with Crippen LogP contribution in [0.2, 0.25) is 0 Å². The molecule has 1 aliphatic rings. The molecule has 23 heavy (non-hydrogen) atoms. The third-order valence-corrected chi connectivity index (χ3v) is 5.53. The van der Waals surface area contributed by atoms with Gasteiger partial charge in [-0.2, -0.15) is 4.98 Å². The maximum absolute atomic E-state index is 12.4. The number of nitrogens with zero attached hydrogens (tertiary/aromatic N) is 3. The van der Waals surface area contributed by atoms with Crippen LogP contribution >= 0.6 is 0 Å². The lowest BCUT2D eigenvalue weighted by molar-refractivity contribution is 0.255. The molecule has 0 aliphatic carbocycles. The first-order valence-corrected chi connectivity index (χ1v) is 9.48. The largest absolute Gasteiger partial charge is 0.339 e. The maximum Gasteiger partial charge on any atom is 0.229 e. The molecule has 0 bridgehead atoms. The predicted octanol–water partition coefficient (Wildman–Crippen LogP) is 3.14. The predicted molar refractivity (Wildman–Crippen MR) is 89.7 cm³/mol. The van der Waals surface area contributed by atoms with Crippen LogP contribution in [0, 0.1) is 0 Å². The summed E-state index contributed by atoms with van der Waals surface area (Å²) in [5, 5.41) is 4.15. The van der Waals surface area contributed by atoms with Gasteiger partial charge in [0.15, 0.2) is 5.82 Å². The van der Waals surface area contributed by atoms with Crippen LogP contribution in [0.1, 0.15) is 50.4 Å². The van der Waals surface area contributed by atoms with Gasteiger partial charge in [-0.05, 0) is 31.5 Å². The van der Waals surface area contributed by atoms with Gasteiger partial charge in [0.25, 0.3) is 0 Å². The highest BCUT2D eigenvalue weighted by atomic mass is 32.2. The monoisotopic (exact) mass is 333 g/mol. The zero-order valence-corrected chi connectivity index (χ0v) is 14.5. The molecule has 5 nitrogen and oxygen atoms in total. The second kappa shape index (κ2) is 7.36. The smallest absolute Gasteiger partial charge is 0.229 e. The molecule has 124 valence electrons. The molecular weight excluding hydrogens is 310 g/mol. The van der Waals surface area contributed by atoms with Gasteiger partial charge in [-0.25, -0.2) is 0 Å². The van der Waals surface area contributed by atoms with E-state index in [2.05, 4.69) is 15.0 Å². The van der Waals surface area contributed by atoms with Crippen molar-refractivity contribution in [2.75, 3.05) is 18.8 Å². The Balaban J connectivity index is 1.62. The molecule has 2 aromatic rings. The van der Waals surface area contributed by atoms with E-state index in [9.17, 15) is 4.21 Å². The number of hydrogen-bond donors (Lipinski definition) is 0. The summed E-state index contributed by atoms with van der Waals surface area (Å²) < 4.78 is 17.7. The summed E-state index contributed by atoms with van der Waals surface area (Å²) in [4.78, 5) is 7.75. The molecule has 1 saturated heterocycles. The van der Waals surface area contributed by atoms with Gasteiger partial charge >= 0.3 is 0 Å². The number of hydrogen-bond acceptors (Lipinski definition) is 5. The molecule has 2 atom stereocenters. The van der Waals surface area contributed by atoms with Gasteiger partial charge < -0.3 is 4.52 Å². The molecule has 1 aromatic carbocycles. The van der Waals surface area contributed by atoms with Crippen molar-refractivity contribution in [2.45, 2.75) is 43.5 Å². The van der Waals surface area contributed by atoms with E-state index >= 15 is 0 Å². The Morgan fingerprint density at radius 3 is 2.83 bits per heavy atom. The number of aromatic nitrogens is 2. The van der Waals surface area contributed by atoms with Gasteiger partial charge in [-0.1, -0.05) is 37.2 Å². The molecule has 2 heterocycles. The molecule has 1 fully saturated rings. The molecular formula is C17H23N3O2S. The summed E-state index contributed by atoms with van der Waals surface area (Å²) in [7, 11) is -0.959. The molecule has 6 heteroatoms. The zero-order chi connectivity index (χ0) is 16.2. The molecule has 0 radical (unpaired) electrons. The summed E-state index contributed by atoms with van der Waals surface area (Å²) in [5.74, 6) is 2.35. The first-order chi connectivity index (χ1) is 11.1. The van der Waals surface area contributed by atoms with E-state index in [1.54, 1.807) is 0 Å². The van der Waals surface area contributed by atoms with Crippen molar-refractivity contribution in [1.29, 1.82) is 0 Å². The van der Waals surface area contributed by atoms with Crippen LogP contribution in [0.5, 0.6) is 0 Å². The molecule has 3 rings (SSSR count). The van der Waals surface area contributed by atoms with Crippen LogP contribution in [0.25, 0.3) is 0 Å². The molecule has 0 N–H and O–H groups in total. The first kappa shape index (κ1) is 16.3. The van der Waals surface area contributed by atoms with Crippen LogP contribution in [-0.2, 0) is 10.8 Å². The fourth-order valence-corrected chi connectivity index (χ4v) is 3.99. The van der Waals surface area contributed by atoms with E-state index in [0.29, 0.717) is 11.6 Å². The SMILES string of the molecule is CC(C)c1nc(C2CCCN2CCS(=O)c2ccccc2)no1. The fourth-order valence-electron chi connectivity index (χ4n) is 2.89. The molecule has 0 amide bonds. The Morgan fingerprint density at radius 1 is 1.35 bits per heavy atom. The van der Waals surface area contributed by atoms with E-state index in [0.717, 1.165) is 36.7 Å². The maximum atomic E-state index is 12.4. The molecule has 0 spiro atoms. The van der Waals surface area contributed by atoms with Crippen molar-refractivity contribution in [2.24, 2.45) is 0 Å². The summed E-state index contributed by atoms with van der Waals surface area (Å²) in [6.45, 7) is 5.89. The fraction of sp³-hybridized carbons (Fsp3) is 0.529. The second-order valence-corrected chi connectivity index (χ2v) is 7.77. The third kappa shape index (κ3) is 3.87. The molecule has 0 saturated carbocycles. The van der Waals surface area contributed by atoms with Crippen LogP contribution in [0.15, 0.2) is 39.8 Å². The van der Waals surface area contributed by atoms with E-state index < -0.39 is 10.8 Å². The topological polar surface area (TPSA) is 59.2 Å². The minimum atomic E-state index is -0.959. The quantitative estimate of drug-likeness (QED) is 0.813. The Labute approximate surface area is 139 Å². The van der Waals surface area contributed by atoms with Crippen LogP contribution < -0.4 is 0 Å². The van der Waals surface area contributed by atoms with E-state index in [1.165, 1.54) is 0 Å².